The Labute approximate surface area is 102 Å². The van der Waals surface area contributed by atoms with Gasteiger partial charge in [-0.2, -0.15) is 5.26 Å². The minimum atomic E-state index is -0.545. The van der Waals surface area contributed by atoms with E-state index in [1.165, 1.54) is 36.9 Å². The molecule has 7 heteroatoms. The second-order valence-electron chi connectivity index (χ2n) is 3.35. The van der Waals surface area contributed by atoms with E-state index in [1.54, 1.807) is 0 Å². The summed E-state index contributed by atoms with van der Waals surface area (Å²) in [5, 5.41) is 22.5. The maximum Gasteiger partial charge on any atom is 0.270 e. The molecule has 0 saturated heterocycles. The first-order valence-electron chi connectivity index (χ1n) is 4.91. The lowest BCUT2D eigenvalue weighted by Crippen LogP contribution is -1.96. The van der Waals surface area contributed by atoms with E-state index in [4.69, 9.17) is 5.26 Å². The molecule has 0 aliphatic heterocycles. The van der Waals surface area contributed by atoms with Gasteiger partial charge in [-0.15, -0.1) is 0 Å². The third kappa shape index (κ3) is 2.38. The van der Waals surface area contributed by atoms with Gasteiger partial charge in [0.15, 0.2) is 0 Å². The van der Waals surface area contributed by atoms with E-state index in [9.17, 15) is 10.1 Å². The molecule has 0 amide bonds. The van der Waals surface area contributed by atoms with Crippen molar-refractivity contribution >= 4 is 17.1 Å². The smallest absolute Gasteiger partial charge is 0.270 e. The van der Waals surface area contributed by atoms with Crippen LogP contribution in [0, 0.1) is 21.4 Å². The van der Waals surface area contributed by atoms with Crippen LogP contribution in [0.2, 0.25) is 0 Å². The third-order valence-corrected chi connectivity index (χ3v) is 2.17. The number of hydrogen-bond acceptors (Lipinski definition) is 6. The molecule has 0 aliphatic rings. The largest absolute Gasteiger partial charge is 0.352 e. The summed E-state index contributed by atoms with van der Waals surface area (Å²) in [5.74, 6) is 0. The van der Waals surface area contributed by atoms with Crippen molar-refractivity contribution in [2.75, 3.05) is 5.32 Å². The van der Waals surface area contributed by atoms with Crippen LogP contribution in [0.1, 0.15) is 5.56 Å². The molecule has 0 unspecified atom stereocenters. The van der Waals surface area contributed by atoms with Gasteiger partial charge in [-0.05, 0) is 6.07 Å². The SMILES string of the molecule is N#Cc1cc([N+](=O)[O-])ccc1Nc1cncnc1. The lowest BCUT2D eigenvalue weighted by atomic mass is 10.1. The highest BCUT2D eigenvalue weighted by molar-refractivity contribution is 5.67. The minimum Gasteiger partial charge on any atom is -0.352 e. The molecule has 18 heavy (non-hydrogen) atoms. The maximum atomic E-state index is 10.6. The molecule has 0 spiro atoms. The lowest BCUT2D eigenvalue weighted by molar-refractivity contribution is -0.384. The predicted octanol–water partition coefficient (Wildman–Crippen LogP) is 2.00. The zero-order valence-corrected chi connectivity index (χ0v) is 9.07. The number of nitrogens with one attached hydrogen (secondary N) is 1. The molecule has 1 aromatic heterocycles. The fourth-order valence-corrected chi connectivity index (χ4v) is 1.37. The molecule has 0 radical (unpaired) electrons. The van der Waals surface area contributed by atoms with Crippen LogP contribution in [0.5, 0.6) is 0 Å². The Morgan fingerprint density at radius 2 is 2.06 bits per heavy atom. The monoisotopic (exact) mass is 241 g/mol. The highest BCUT2D eigenvalue weighted by Crippen LogP contribution is 2.23. The van der Waals surface area contributed by atoms with Crippen LogP contribution >= 0.6 is 0 Å². The van der Waals surface area contributed by atoms with E-state index in [0.717, 1.165) is 0 Å². The summed E-state index contributed by atoms with van der Waals surface area (Å²) in [6.07, 6.45) is 4.46. The Balaban J connectivity index is 2.35. The van der Waals surface area contributed by atoms with Crippen molar-refractivity contribution in [3.8, 4) is 6.07 Å². The first-order valence-corrected chi connectivity index (χ1v) is 4.91. The van der Waals surface area contributed by atoms with E-state index in [-0.39, 0.29) is 11.3 Å². The van der Waals surface area contributed by atoms with E-state index in [1.807, 2.05) is 6.07 Å². The highest BCUT2D eigenvalue weighted by atomic mass is 16.6. The van der Waals surface area contributed by atoms with Crippen molar-refractivity contribution in [2.24, 2.45) is 0 Å². The number of hydrogen-bond donors (Lipinski definition) is 1. The highest BCUT2D eigenvalue weighted by Gasteiger charge is 2.10. The van der Waals surface area contributed by atoms with Gasteiger partial charge in [-0.3, -0.25) is 10.1 Å². The van der Waals surface area contributed by atoms with Crippen molar-refractivity contribution in [2.45, 2.75) is 0 Å². The van der Waals surface area contributed by atoms with Crippen LogP contribution in [0.25, 0.3) is 0 Å². The van der Waals surface area contributed by atoms with Crippen LogP contribution in [-0.2, 0) is 0 Å². The molecule has 0 bridgehead atoms. The molecule has 88 valence electrons. The normalized spacial score (nSPS) is 9.50. The van der Waals surface area contributed by atoms with Gasteiger partial charge >= 0.3 is 0 Å². The second kappa shape index (κ2) is 4.88. The molecule has 7 nitrogen and oxygen atoms in total. The van der Waals surface area contributed by atoms with Gasteiger partial charge in [-0.25, -0.2) is 9.97 Å². The summed E-state index contributed by atoms with van der Waals surface area (Å²) in [7, 11) is 0. The maximum absolute atomic E-state index is 10.6. The summed E-state index contributed by atoms with van der Waals surface area (Å²) >= 11 is 0. The van der Waals surface area contributed by atoms with Crippen LogP contribution in [-0.4, -0.2) is 14.9 Å². The molecule has 0 aliphatic carbocycles. The number of nitro groups is 1. The molecule has 1 N–H and O–H groups in total. The van der Waals surface area contributed by atoms with Crippen molar-refractivity contribution in [1.82, 2.24) is 9.97 Å². The predicted molar refractivity (Wildman–Crippen MR) is 63.1 cm³/mol. The van der Waals surface area contributed by atoms with Crippen LogP contribution in [0.15, 0.2) is 36.9 Å². The first-order chi connectivity index (χ1) is 8.70. The second-order valence-corrected chi connectivity index (χ2v) is 3.35. The van der Waals surface area contributed by atoms with E-state index in [2.05, 4.69) is 15.3 Å². The van der Waals surface area contributed by atoms with Crippen molar-refractivity contribution in [3.05, 3.63) is 52.6 Å². The fraction of sp³-hybridized carbons (Fsp3) is 0. The Morgan fingerprint density at radius 1 is 1.33 bits per heavy atom. The van der Waals surface area contributed by atoms with Gasteiger partial charge < -0.3 is 5.32 Å². The van der Waals surface area contributed by atoms with Gasteiger partial charge in [-0.1, -0.05) is 0 Å². The molecule has 1 heterocycles. The number of aromatic nitrogens is 2. The number of nitriles is 1. The molecule has 0 fully saturated rings. The number of non-ortho nitro benzene ring substituents is 1. The number of rotatable bonds is 3. The summed E-state index contributed by atoms with van der Waals surface area (Å²) < 4.78 is 0. The van der Waals surface area contributed by atoms with Gasteiger partial charge in [0.2, 0.25) is 0 Å². The van der Waals surface area contributed by atoms with E-state index < -0.39 is 4.92 Å². The van der Waals surface area contributed by atoms with Crippen LogP contribution in [0.3, 0.4) is 0 Å². The van der Waals surface area contributed by atoms with Gasteiger partial charge in [0.1, 0.15) is 12.4 Å². The lowest BCUT2D eigenvalue weighted by Gasteiger charge is -2.06. The number of nitro benzene ring substituents is 1. The number of benzene rings is 1. The molecule has 2 rings (SSSR count). The average molecular weight is 241 g/mol. The third-order valence-electron chi connectivity index (χ3n) is 2.17. The van der Waals surface area contributed by atoms with Gasteiger partial charge in [0.05, 0.1) is 34.3 Å². The average Bonchev–Trinajstić information content (AvgIpc) is 2.40. The van der Waals surface area contributed by atoms with Gasteiger partial charge in [0.25, 0.3) is 5.69 Å². The minimum absolute atomic E-state index is 0.124. The molecule has 0 saturated carbocycles. The summed E-state index contributed by atoms with van der Waals surface area (Å²) in [6, 6.07) is 5.92. The molecule has 1 aromatic carbocycles. The Kier molecular flexibility index (Phi) is 3.11. The quantitative estimate of drug-likeness (QED) is 0.650. The number of nitrogens with zero attached hydrogens (tertiary/aromatic N) is 4. The molecule has 0 atom stereocenters. The Bertz CT molecular complexity index is 621. The van der Waals surface area contributed by atoms with Gasteiger partial charge in [0, 0.05) is 12.1 Å². The Hall–Kier alpha value is -3.01. The summed E-state index contributed by atoms with van der Waals surface area (Å²) in [4.78, 5) is 17.7. The number of anilines is 2. The van der Waals surface area contributed by atoms with Crippen LogP contribution < -0.4 is 5.32 Å². The van der Waals surface area contributed by atoms with Crippen molar-refractivity contribution < 1.29 is 4.92 Å². The Morgan fingerprint density at radius 3 is 2.67 bits per heavy atom. The zero-order chi connectivity index (χ0) is 13.0. The van der Waals surface area contributed by atoms with Crippen LogP contribution in [0.4, 0.5) is 17.1 Å². The fourth-order valence-electron chi connectivity index (χ4n) is 1.37. The zero-order valence-electron chi connectivity index (χ0n) is 9.07. The van der Waals surface area contributed by atoms with Crippen molar-refractivity contribution in [3.63, 3.8) is 0 Å². The van der Waals surface area contributed by atoms with Crippen molar-refractivity contribution in [1.29, 1.82) is 5.26 Å². The molecular weight excluding hydrogens is 234 g/mol. The molecule has 2 aromatic rings. The summed E-state index contributed by atoms with van der Waals surface area (Å²) in [6.45, 7) is 0. The molecular formula is C11H7N5O2. The standard InChI is InChI=1S/C11H7N5O2/c12-4-8-3-10(16(17)18)1-2-11(8)15-9-5-13-7-14-6-9/h1-3,5-7,15H. The topological polar surface area (TPSA) is 105 Å². The first kappa shape index (κ1) is 11.5. The summed E-state index contributed by atoms with van der Waals surface area (Å²) in [5.41, 5.74) is 1.13. The van der Waals surface area contributed by atoms with E-state index in [0.29, 0.717) is 11.4 Å². The van der Waals surface area contributed by atoms with E-state index >= 15 is 0 Å².